The van der Waals surface area contributed by atoms with Gasteiger partial charge in [0.15, 0.2) is 0 Å². The van der Waals surface area contributed by atoms with Crippen molar-refractivity contribution in [2.24, 2.45) is 5.92 Å². The van der Waals surface area contributed by atoms with Crippen molar-refractivity contribution in [1.82, 2.24) is 10.6 Å². The Hall–Kier alpha value is -0.990. The zero-order chi connectivity index (χ0) is 15.9. The number of carbonyl (C=O) groups excluding carboxylic acids is 1. The molecule has 1 rings (SSSR count). The van der Waals surface area contributed by atoms with Crippen LogP contribution in [0.1, 0.15) is 32.1 Å². The maximum Gasteiger partial charge on any atom is 0.389 e. The van der Waals surface area contributed by atoms with Crippen LogP contribution in [-0.2, 0) is 9.84 Å². The summed E-state index contributed by atoms with van der Waals surface area (Å²) in [5.74, 6) is 0.445. The molecule has 0 radical (unpaired) electrons. The maximum absolute atomic E-state index is 11.9. The molecule has 0 aromatic rings. The number of nitrogens with one attached hydrogen (secondary N) is 2. The molecule has 0 spiro atoms. The SMILES string of the molecule is O=C(NCCCCC(F)(F)F)NCC1CCS(=O)(=O)CC1. The van der Waals surface area contributed by atoms with E-state index in [1.165, 1.54) is 0 Å². The van der Waals surface area contributed by atoms with Crippen LogP contribution in [0.5, 0.6) is 0 Å². The minimum atomic E-state index is -4.15. The third-order valence-electron chi connectivity index (χ3n) is 3.40. The van der Waals surface area contributed by atoms with E-state index in [9.17, 15) is 26.4 Å². The largest absolute Gasteiger partial charge is 0.389 e. The standard InChI is InChI=1S/C12H21F3N2O3S/c13-12(14,15)5-1-2-6-16-11(18)17-9-10-3-7-21(19,20)8-4-10/h10H,1-9H2,(H2,16,17,18). The van der Waals surface area contributed by atoms with Crippen molar-refractivity contribution < 1.29 is 26.4 Å². The van der Waals surface area contributed by atoms with E-state index in [0.29, 0.717) is 19.4 Å². The number of rotatable bonds is 6. The predicted molar refractivity (Wildman–Crippen MR) is 72.7 cm³/mol. The van der Waals surface area contributed by atoms with Gasteiger partial charge in [0.1, 0.15) is 9.84 Å². The molecule has 2 N–H and O–H groups in total. The molecule has 1 saturated heterocycles. The quantitative estimate of drug-likeness (QED) is 0.730. The van der Waals surface area contributed by atoms with Gasteiger partial charge in [-0.3, -0.25) is 0 Å². The molecule has 0 saturated carbocycles. The molecule has 1 heterocycles. The summed E-state index contributed by atoms with van der Waals surface area (Å²) < 4.78 is 58.1. The Kier molecular flexibility index (Phi) is 6.76. The fourth-order valence-electron chi connectivity index (χ4n) is 2.09. The third-order valence-corrected chi connectivity index (χ3v) is 5.11. The zero-order valence-corrected chi connectivity index (χ0v) is 12.5. The van der Waals surface area contributed by atoms with Gasteiger partial charge in [0, 0.05) is 19.5 Å². The van der Waals surface area contributed by atoms with E-state index in [-0.39, 0.29) is 36.8 Å². The molecule has 0 bridgehead atoms. The number of halogens is 3. The Morgan fingerprint density at radius 3 is 2.29 bits per heavy atom. The van der Waals surface area contributed by atoms with Crippen molar-refractivity contribution in [3.8, 4) is 0 Å². The molecule has 1 aliphatic rings. The van der Waals surface area contributed by atoms with Crippen LogP contribution in [0, 0.1) is 5.92 Å². The average molecular weight is 330 g/mol. The van der Waals surface area contributed by atoms with Crippen molar-refractivity contribution >= 4 is 15.9 Å². The molecule has 9 heteroatoms. The summed E-state index contributed by atoms with van der Waals surface area (Å²) in [6.07, 6.45) is -3.66. The van der Waals surface area contributed by atoms with Gasteiger partial charge in [-0.05, 0) is 31.6 Å². The highest BCUT2D eigenvalue weighted by Crippen LogP contribution is 2.21. The van der Waals surface area contributed by atoms with Crippen molar-refractivity contribution in [2.75, 3.05) is 24.6 Å². The van der Waals surface area contributed by atoms with Crippen LogP contribution < -0.4 is 10.6 Å². The predicted octanol–water partition coefficient (Wildman–Crippen LogP) is 1.84. The number of urea groups is 1. The van der Waals surface area contributed by atoms with Crippen LogP contribution in [0.4, 0.5) is 18.0 Å². The van der Waals surface area contributed by atoms with Crippen LogP contribution in [0.3, 0.4) is 0 Å². The van der Waals surface area contributed by atoms with Gasteiger partial charge in [-0.25, -0.2) is 13.2 Å². The zero-order valence-electron chi connectivity index (χ0n) is 11.7. The van der Waals surface area contributed by atoms with E-state index in [4.69, 9.17) is 0 Å². The second-order valence-corrected chi connectivity index (χ2v) is 7.61. The van der Waals surface area contributed by atoms with Crippen molar-refractivity contribution in [3.05, 3.63) is 0 Å². The lowest BCUT2D eigenvalue weighted by atomic mass is 10.0. The lowest BCUT2D eigenvalue weighted by molar-refractivity contribution is -0.135. The minimum absolute atomic E-state index is 0.00966. The first kappa shape index (κ1) is 18.1. The number of hydrogen-bond acceptors (Lipinski definition) is 3. The van der Waals surface area contributed by atoms with Gasteiger partial charge in [-0.15, -0.1) is 0 Å². The first-order chi connectivity index (χ1) is 9.68. The van der Waals surface area contributed by atoms with E-state index in [2.05, 4.69) is 10.6 Å². The highest BCUT2D eigenvalue weighted by Gasteiger charge is 2.26. The monoisotopic (exact) mass is 330 g/mol. The van der Waals surface area contributed by atoms with Gasteiger partial charge < -0.3 is 10.6 Å². The second-order valence-electron chi connectivity index (χ2n) is 5.30. The van der Waals surface area contributed by atoms with E-state index >= 15 is 0 Å². The number of alkyl halides is 3. The van der Waals surface area contributed by atoms with Crippen LogP contribution >= 0.6 is 0 Å². The minimum Gasteiger partial charge on any atom is -0.338 e. The summed E-state index contributed by atoms with van der Waals surface area (Å²) in [4.78, 5) is 11.4. The van der Waals surface area contributed by atoms with Gasteiger partial charge >= 0.3 is 12.2 Å². The fourth-order valence-corrected chi connectivity index (χ4v) is 3.68. The van der Waals surface area contributed by atoms with Crippen molar-refractivity contribution in [3.63, 3.8) is 0 Å². The Balaban J connectivity index is 2.04. The normalized spacial score (nSPS) is 19.2. The number of sulfone groups is 1. The Morgan fingerprint density at radius 1 is 1.10 bits per heavy atom. The molecular formula is C12H21F3N2O3S. The summed E-state index contributed by atoms with van der Waals surface area (Å²) in [6, 6.07) is -0.421. The van der Waals surface area contributed by atoms with Gasteiger partial charge in [0.05, 0.1) is 11.5 Å². The summed E-state index contributed by atoms with van der Waals surface area (Å²) in [5.41, 5.74) is 0. The van der Waals surface area contributed by atoms with E-state index in [1.54, 1.807) is 0 Å². The van der Waals surface area contributed by atoms with Crippen LogP contribution in [-0.4, -0.2) is 45.2 Å². The highest BCUT2D eigenvalue weighted by molar-refractivity contribution is 7.91. The molecule has 1 aliphatic heterocycles. The molecule has 5 nitrogen and oxygen atoms in total. The second kappa shape index (κ2) is 7.86. The number of hydrogen-bond donors (Lipinski definition) is 2. The highest BCUT2D eigenvalue weighted by atomic mass is 32.2. The summed E-state index contributed by atoms with van der Waals surface area (Å²) in [5, 5.41) is 5.11. The lowest BCUT2D eigenvalue weighted by Crippen LogP contribution is -2.40. The molecule has 21 heavy (non-hydrogen) atoms. The molecule has 0 aromatic carbocycles. The summed E-state index contributed by atoms with van der Waals surface area (Å²) >= 11 is 0. The van der Waals surface area contributed by atoms with Crippen LogP contribution in [0.25, 0.3) is 0 Å². The first-order valence-electron chi connectivity index (χ1n) is 6.97. The maximum atomic E-state index is 11.9. The van der Waals surface area contributed by atoms with E-state index in [0.717, 1.165) is 0 Å². The third kappa shape index (κ3) is 8.79. The van der Waals surface area contributed by atoms with Gasteiger partial charge in [0.2, 0.25) is 0 Å². The topological polar surface area (TPSA) is 75.3 Å². The van der Waals surface area contributed by atoms with E-state index < -0.39 is 28.5 Å². The van der Waals surface area contributed by atoms with Crippen LogP contribution in [0.2, 0.25) is 0 Å². The summed E-state index contributed by atoms with van der Waals surface area (Å²) in [7, 11) is -2.91. The molecule has 124 valence electrons. The molecule has 0 aromatic heterocycles. The number of unbranched alkanes of at least 4 members (excludes halogenated alkanes) is 1. The lowest BCUT2D eigenvalue weighted by Gasteiger charge is -2.22. The van der Waals surface area contributed by atoms with Gasteiger partial charge in [-0.1, -0.05) is 0 Å². The Morgan fingerprint density at radius 2 is 1.71 bits per heavy atom. The number of carbonyl (C=O) groups is 1. The molecule has 2 amide bonds. The Labute approximate surface area is 122 Å². The summed E-state index contributed by atoms with van der Waals surface area (Å²) in [6.45, 7) is 0.588. The van der Waals surface area contributed by atoms with Crippen LogP contribution in [0.15, 0.2) is 0 Å². The molecule has 1 fully saturated rings. The molecule has 0 aliphatic carbocycles. The molecule has 0 atom stereocenters. The van der Waals surface area contributed by atoms with Crippen molar-refractivity contribution in [2.45, 2.75) is 38.3 Å². The fraction of sp³-hybridized carbons (Fsp3) is 0.917. The van der Waals surface area contributed by atoms with Crippen molar-refractivity contribution in [1.29, 1.82) is 0 Å². The molecular weight excluding hydrogens is 309 g/mol. The Bertz CT molecular complexity index is 424. The average Bonchev–Trinajstić information content (AvgIpc) is 2.35. The molecule has 0 unspecified atom stereocenters. The first-order valence-corrected chi connectivity index (χ1v) is 8.79. The van der Waals surface area contributed by atoms with Gasteiger partial charge in [-0.2, -0.15) is 13.2 Å². The van der Waals surface area contributed by atoms with E-state index in [1.807, 2.05) is 0 Å². The smallest absolute Gasteiger partial charge is 0.338 e. The number of amides is 2. The van der Waals surface area contributed by atoms with Gasteiger partial charge in [0.25, 0.3) is 0 Å².